The third kappa shape index (κ3) is 2.34. The number of hydrogen-bond donors (Lipinski definition) is 0. The van der Waals surface area contributed by atoms with Crippen LogP contribution in [0.3, 0.4) is 0 Å². The Morgan fingerprint density at radius 2 is 2.10 bits per heavy atom. The van der Waals surface area contributed by atoms with E-state index in [1.807, 2.05) is 6.07 Å². The highest BCUT2D eigenvalue weighted by molar-refractivity contribution is 9.10. The lowest BCUT2D eigenvalue weighted by Crippen LogP contribution is -1.90. The maximum Gasteiger partial charge on any atom is 0.269 e. The van der Waals surface area contributed by atoms with Crippen LogP contribution >= 0.6 is 27.3 Å². The smallest absolute Gasteiger partial charge is 0.269 e. The number of aromatic nitrogens is 2. The van der Waals surface area contributed by atoms with Gasteiger partial charge in [-0.05, 0) is 39.5 Å². The molecular formula is C13H4BrF2N3OS. The standard InChI is InChI=1S/C13H4BrF2N3OS/c14-9-7(1-2-8(15)10(9)16)12-18-13(20-19-12)11-6(5-17)3-4-21-11/h1-4H. The molecule has 21 heavy (non-hydrogen) atoms. The van der Waals surface area contributed by atoms with Gasteiger partial charge in [0.25, 0.3) is 5.89 Å². The zero-order valence-electron chi connectivity index (χ0n) is 10.1. The van der Waals surface area contributed by atoms with Gasteiger partial charge in [0, 0.05) is 5.56 Å². The van der Waals surface area contributed by atoms with Crippen LogP contribution in [0.2, 0.25) is 0 Å². The van der Waals surface area contributed by atoms with Crippen LogP contribution in [-0.2, 0) is 0 Å². The normalized spacial score (nSPS) is 10.6. The van der Waals surface area contributed by atoms with Crippen molar-refractivity contribution >= 4 is 27.3 Å². The summed E-state index contributed by atoms with van der Waals surface area (Å²) >= 11 is 4.25. The highest BCUT2D eigenvalue weighted by atomic mass is 79.9. The van der Waals surface area contributed by atoms with Crippen LogP contribution in [-0.4, -0.2) is 10.1 Å². The van der Waals surface area contributed by atoms with Crippen LogP contribution in [0.1, 0.15) is 5.56 Å². The molecule has 0 saturated heterocycles. The van der Waals surface area contributed by atoms with Gasteiger partial charge in [-0.1, -0.05) is 5.16 Å². The van der Waals surface area contributed by atoms with Crippen molar-refractivity contribution in [3.05, 3.63) is 45.2 Å². The summed E-state index contributed by atoms with van der Waals surface area (Å²) in [7, 11) is 0. The van der Waals surface area contributed by atoms with Crippen molar-refractivity contribution < 1.29 is 13.3 Å². The van der Waals surface area contributed by atoms with Gasteiger partial charge in [-0.3, -0.25) is 0 Å². The molecule has 2 aromatic heterocycles. The fraction of sp³-hybridized carbons (Fsp3) is 0. The summed E-state index contributed by atoms with van der Waals surface area (Å²) in [6.07, 6.45) is 0. The summed E-state index contributed by atoms with van der Waals surface area (Å²) < 4.78 is 31.6. The van der Waals surface area contributed by atoms with E-state index in [-0.39, 0.29) is 21.8 Å². The predicted octanol–water partition coefficient (Wildman–Crippen LogP) is 4.38. The molecule has 4 nitrogen and oxygen atoms in total. The van der Waals surface area contributed by atoms with Crippen molar-refractivity contribution in [2.24, 2.45) is 0 Å². The van der Waals surface area contributed by atoms with Gasteiger partial charge in [-0.15, -0.1) is 11.3 Å². The zero-order valence-corrected chi connectivity index (χ0v) is 12.5. The Hall–Kier alpha value is -2.11. The number of rotatable bonds is 2. The molecule has 0 fully saturated rings. The lowest BCUT2D eigenvalue weighted by Gasteiger charge is -2.00. The van der Waals surface area contributed by atoms with Gasteiger partial charge in [-0.25, -0.2) is 8.78 Å². The van der Waals surface area contributed by atoms with Crippen LogP contribution in [0.15, 0.2) is 32.6 Å². The first-order valence-corrected chi connectivity index (χ1v) is 7.24. The third-order valence-corrected chi connectivity index (χ3v) is 4.36. The van der Waals surface area contributed by atoms with Gasteiger partial charge in [0.05, 0.1) is 10.0 Å². The van der Waals surface area contributed by atoms with Crippen molar-refractivity contribution in [2.75, 3.05) is 0 Å². The minimum absolute atomic E-state index is 0.0819. The second-order valence-electron chi connectivity index (χ2n) is 3.92. The van der Waals surface area contributed by atoms with E-state index in [0.717, 1.165) is 6.07 Å². The molecule has 0 aliphatic carbocycles. The van der Waals surface area contributed by atoms with Crippen LogP contribution in [0.5, 0.6) is 0 Å². The second-order valence-corrected chi connectivity index (χ2v) is 5.63. The van der Waals surface area contributed by atoms with Crippen LogP contribution in [0, 0.1) is 23.0 Å². The fourth-order valence-corrected chi connectivity index (χ4v) is 2.95. The van der Waals surface area contributed by atoms with Gasteiger partial charge in [0.2, 0.25) is 5.82 Å². The molecule has 0 spiro atoms. The number of benzene rings is 1. The number of halogens is 3. The van der Waals surface area contributed by atoms with E-state index < -0.39 is 11.6 Å². The first kappa shape index (κ1) is 13.9. The average molecular weight is 368 g/mol. The molecule has 3 aromatic rings. The Morgan fingerprint density at radius 3 is 2.86 bits per heavy atom. The molecule has 0 aliphatic heterocycles. The molecule has 0 bridgehead atoms. The Bertz CT molecular complexity index is 869. The maximum atomic E-state index is 13.5. The summed E-state index contributed by atoms with van der Waals surface area (Å²) in [5.41, 5.74) is 0.679. The number of hydrogen-bond acceptors (Lipinski definition) is 5. The van der Waals surface area contributed by atoms with Gasteiger partial charge in [0.1, 0.15) is 10.9 Å². The largest absolute Gasteiger partial charge is 0.333 e. The van der Waals surface area contributed by atoms with E-state index in [0.29, 0.717) is 10.4 Å². The topological polar surface area (TPSA) is 62.7 Å². The van der Waals surface area contributed by atoms with E-state index in [2.05, 4.69) is 26.1 Å². The Labute approximate surface area is 129 Å². The summed E-state index contributed by atoms with van der Waals surface area (Å²) in [6.45, 7) is 0. The van der Waals surface area contributed by atoms with Gasteiger partial charge < -0.3 is 4.52 Å². The lowest BCUT2D eigenvalue weighted by atomic mass is 10.2. The molecule has 3 rings (SSSR count). The van der Waals surface area contributed by atoms with E-state index >= 15 is 0 Å². The van der Waals surface area contributed by atoms with E-state index in [9.17, 15) is 8.78 Å². The van der Waals surface area contributed by atoms with Crippen molar-refractivity contribution in [3.8, 4) is 28.2 Å². The summed E-state index contributed by atoms with van der Waals surface area (Å²) in [6, 6.07) is 5.98. The molecule has 104 valence electrons. The molecule has 1 aromatic carbocycles. The second kappa shape index (κ2) is 5.35. The third-order valence-electron chi connectivity index (χ3n) is 2.68. The molecule has 8 heteroatoms. The first-order valence-electron chi connectivity index (χ1n) is 5.57. The molecule has 0 unspecified atom stereocenters. The molecule has 0 saturated carbocycles. The summed E-state index contributed by atoms with van der Waals surface area (Å²) in [5, 5.41) is 14.4. The van der Waals surface area contributed by atoms with Crippen molar-refractivity contribution in [1.29, 1.82) is 5.26 Å². The molecule has 0 radical (unpaired) electrons. The molecular weight excluding hydrogens is 364 g/mol. The summed E-state index contributed by atoms with van der Waals surface area (Å²) in [5.74, 6) is -1.73. The maximum absolute atomic E-state index is 13.5. The molecule has 0 atom stereocenters. The SMILES string of the molecule is N#Cc1ccsc1-c1nc(-c2ccc(F)c(F)c2Br)no1. The molecule has 0 N–H and O–H groups in total. The molecule has 0 amide bonds. The predicted molar refractivity (Wildman–Crippen MR) is 75.4 cm³/mol. The zero-order chi connectivity index (χ0) is 15.0. The van der Waals surface area contributed by atoms with Crippen molar-refractivity contribution in [3.63, 3.8) is 0 Å². The highest BCUT2D eigenvalue weighted by Gasteiger charge is 2.19. The fourth-order valence-electron chi connectivity index (χ4n) is 1.69. The molecule has 2 heterocycles. The minimum atomic E-state index is -1.02. The van der Waals surface area contributed by atoms with Gasteiger partial charge in [-0.2, -0.15) is 10.2 Å². The van der Waals surface area contributed by atoms with E-state index in [1.54, 1.807) is 11.4 Å². The minimum Gasteiger partial charge on any atom is -0.333 e. The van der Waals surface area contributed by atoms with Crippen LogP contribution in [0.25, 0.3) is 22.2 Å². The number of nitrogens with zero attached hydrogens (tertiary/aromatic N) is 3. The lowest BCUT2D eigenvalue weighted by molar-refractivity contribution is 0.433. The molecule has 0 aliphatic rings. The summed E-state index contributed by atoms with van der Waals surface area (Å²) in [4.78, 5) is 4.66. The average Bonchev–Trinajstić information content (AvgIpc) is 3.12. The highest BCUT2D eigenvalue weighted by Crippen LogP contribution is 2.33. The number of thiophene rings is 1. The van der Waals surface area contributed by atoms with Crippen molar-refractivity contribution in [2.45, 2.75) is 0 Å². The monoisotopic (exact) mass is 367 g/mol. The Balaban J connectivity index is 2.08. The van der Waals surface area contributed by atoms with E-state index in [4.69, 9.17) is 9.78 Å². The first-order chi connectivity index (χ1) is 10.1. The Kier molecular flexibility index (Phi) is 3.53. The van der Waals surface area contributed by atoms with Gasteiger partial charge in [0.15, 0.2) is 11.6 Å². The Morgan fingerprint density at radius 1 is 1.29 bits per heavy atom. The van der Waals surface area contributed by atoms with Gasteiger partial charge >= 0.3 is 0 Å². The number of nitriles is 1. The van der Waals surface area contributed by atoms with Crippen LogP contribution in [0.4, 0.5) is 8.78 Å². The quantitative estimate of drug-likeness (QED) is 0.630. The van der Waals surface area contributed by atoms with Crippen molar-refractivity contribution in [1.82, 2.24) is 10.1 Å². The van der Waals surface area contributed by atoms with E-state index in [1.165, 1.54) is 17.4 Å². The van der Waals surface area contributed by atoms with Crippen LogP contribution < -0.4 is 0 Å².